The van der Waals surface area contributed by atoms with Crippen LogP contribution in [0.25, 0.3) is 0 Å². The Balaban J connectivity index is 1.95. The lowest BCUT2D eigenvalue weighted by molar-refractivity contribution is 0.279. The van der Waals surface area contributed by atoms with E-state index in [9.17, 15) is 0 Å². The average molecular weight is 263 g/mol. The zero-order valence-corrected chi connectivity index (χ0v) is 12.2. The molecule has 0 spiro atoms. The van der Waals surface area contributed by atoms with E-state index in [1.165, 1.54) is 31.2 Å². The van der Waals surface area contributed by atoms with Gasteiger partial charge in [-0.25, -0.2) is 0 Å². The Hall–Kier alpha value is -1.22. The van der Waals surface area contributed by atoms with Crippen LogP contribution < -0.4 is 14.8 Å². The molecular formula is C16H25NO2. The Morgan fingerprint density at radius 1 is 1.11 bits per heavy atom. The summed E-state index contributed by atoms with van der Waals surface area (Å²) in [7, 11) is 3.34. The van der Waals surface area contributed by atoms with Crippen LogP contribution in [0.3, 0.4) is 0 Å². The molecule has 0 amide bonds. The van der Waals surface area contributed by atoms with E-state index in [-0.39, 0.29) is 0 Å². The van der Waals surface area contributed by atoms with Gasteiger partial charge in [0.2, 0.25) is 0 Å². The number of rotatable bonds is 5. The maximum atomic E-state index is 5.34. The smallest absolute Gasteiger partial charge is 0.161 e. The van der Waals surface area contributed by atoms with Crippen molar-refractivity contribution in [3.05, 3.63) is 23.8 Å². The van der Waals surface area contributed by atoms with Crippen molar-refractivity contribution >= 4 is 0 Å². The number of benzene rings is 1. The molecule has 19 heavy (non-hydrogen) atoms. The van der Waals surface area contributed by atoms with E-state index >= 15 is 0 Å². The van der Waals surface area contributed by atoms with Crippen molar-refractivity contribution in [3.8, 4) is 11.5 Å². The van der Waals surface area contributed by atoms with Gasteiger partial charge in [0.15, 0.2) is 11.5 Å². The summed E-state index contributed by atoms with van der Waals surface area (Å²) < 4.78 is 10.6. The zero-order chi connectivity index (χ0) is 13.7. The first-order valence-corrected chi connectivity index (χ1v) is 7.19. The van der Waals surface area contributed by atoms with Crippen molar-refractivity contribution in [1.29, 1.82) is 0 Å². The number of nitrogens with one attached hydrogen (secondary N) is 1. The van der Waals surface area contributed by atoms with Crippen LogP contribution in [0, 0.1) is 5.92 Å². The number of hydrogen-bond donors (Lipinski definition) is 1. The maximum Gasteiger partial charge on any atom is 0.161 e. The van der Waals surface area contributed by atoms with Crippen LogP contribution in [0.15, 0.2) is 18.2 Å². The van der Waals surface area contributed by atoms with Gasteiger partial charge in [-0.2, -0.15) is 0 Å². The molecule has 2 atom stereocenters. The highest BCUT2D eigenvalue weighted by Gasteiger charge is 2.20. The summed E-state index contributed by atoms with van der Waals surface area (Å²) in [6.45, 7) is 3.25. The predicted octanol–water partition coefficient (Wildman–Crippen LogP) is 3.37. The van der Waals surface area contributed by atoms with Crippen molar-refractivity contribution in [1.82, 2.24) is 5.32 Å². The molecule has 0 saturated heterocycles. The molecule has 2 unspecified atom stereocenters. The lowest BCUT2D eigenvalue weighted by Crippen LogP contribution is -2.36. The van der Waals surface area contributed by atoms with Gasteiger partial charge in [0.05, 0.1) is 14.2 Å². The van der Waals surface area contributed by atoms with Crippen LogP contribution >= 0.6 is 0 Å². The third kappa shape index (κ3) is 3.63. The SMILES string of the molecule is COc1ccc(CNC2CCCCC2C)cc1OC. The van der Waals surface area contributed by atoms with Crippen molar-refractivity contribution in [2.24, 2.45) is 5.92 Å². The van der Waals surface area contributed by atoms with Crippen LogP contribution in [0.5, 0.6) is 11.5 Å². The Bertz CT molecular complexity index is 406. The molecule has 1 fully saturated rings. The molecule has 3 nitrogen and oxygen atoms in total. The van der Waals surface area contributed by atoms with Crippen molar-refractivity contribution in [2.75, 3.05) is 14.2 Å². The van der Waals surface area contributed by atoms with E-state index in [0.29, 0.717) is 6.04 Å². The van der Waals surface area contributed by atoms with Crippen LogP contribution in [0.4, 0.5) is 0 Å². The van der Waals surface area contributed by atoms with Gasteiger partial charge in [-0.1, -0.05) is 25.8 Å². The van der Waals surface area contributed by atoms with Gasteiger partial charge in [0, 0.05) is 12.6 Å². The summed E-state index contributed by atoms with van der Waals surface area (Å²) in [6, 6.07) is 6.78. The second-order valence-electron chi connectivity index (χ2n) is 5.44. The fraction of sp³-hybridized carbons (Fsp3) is 0.625. The largest absolute Gasteiger partial charge is 0.493 e. The molecule has 2 rings (SSSR count). The standard InChI is InChI=1S/C16H25NO2/c1-12-6-4-5-7-14(12)17-11-13-8-9-15(18-2)16(10-13)19-3/h8-10,12,14,17H,4-7,11H2,1-3H3. The molecule has 3 heteroatoms. The first-order chi connectivity index (χ1) is 9.24. The molecule has 0 bridgehead atoms. The monoisotopic (exact) mass is 263 g/mol. The Kier molecular flexibility index (Phi) is 5.08. The van der Waals surface area contributed by atoms with Crippen molar-refractivity contribution < 1.29 is 9.47 Å². The van der Waals surface area contributed by atoms with Crippen LogP contribution in [-0.4, -0.2) is 20.3 Å². The molecule has 1 aliphatic rings. The molecular weight excluding hydrogens is 238 g/mol. The molecule has 0 radical (unpaired) electrons. The molecule has 1 aliphatic carbocycles. The molecule has 1 aromatic rings. The first kappa shape index (κ1) is 14.2. The maximum absolute atomic E-state index is 5.34. The summed E-state index contributed by atoms with van der Waals surface area (Å²) in [6.07, 6.45) is 5.39. The van der Waals surface area contributed by atoms with Crippen molar-refractivity contribution in [2.45, 2.75) is 45.2 Å². The van der Waals surface area contributed by atoms with E-state index in [4.69, 9.17) is 9.47 Å². The zero-order valence-electron chi connectivity index (χ0n) is 12.2. The Labute approximate surface area is 116 Å². The van der Waals surface area contributed by atoms with Gasteiger partial charge in [-0.3, -0.25) is 0 Å². The third-order valence-corrected chi connectivity index (χ3v) is 4.13. The van der Waals surface area contributed by atoms with Gasteiger partial charge in [0.1, 0.15) is 0 Å². The Morgan fingerprint density at radius 3 is 2.53 bits per heavy atom. The summed E-state index contributed by atoms with van der Waals surface area (Å²) in [4.78, 5) is 0. The molecule has 1 saturated carbocycles. The van der Waals surface area contributed by atoms with E-state index in [2.05, 4.69) is 24.4 Å². The fourth-order valence-electron chi connectivity index (χ4n) is 2.86. The molecule has 0 aromatic heterocycles. The molecule has 0 aliphatic heterocycles. The summed E-state index contributed by atoms with van der Waals surface area (Å²) in [5.74, 6) is 2.38. The number of ether oxygens (including phenoxy) is 2. The first-order valence-electron chi connectivity index (χ1n) is 7.19. The normalized spacial score (nSPS) is 23.1. The minimum Gasteiger partial charge on any atom is -0.493 e. The van der Waals surface area contributed by atoms with Gasteiger partial charge in [-0.05, 0) is 36.5 Å². The number of methoxy groups -OCH3 is 2. The summed E-state index contributed by atoms with van der Waals surface area (Å²) in [5.41, 5.74) is 1.25. The molecule has 1 N–H and O–H groups in total. The second kappa shape index (κ2) is 6.80. The third-order valence-electron chi connectivity index (χ3n) is 4.13. The topological polar surface area (TPSA) is 30.5 Å². The minimum atomic E-state index is 0.654. The predicted molar refractivity (Wildman–Crippen MR) is 77.8 cm³/mol. The molecule has 106 valence electrons. The highest BCUT2D eigenvalue weighted by Crippen LogP contribution is 2.28. The quantitative estimate of drug-likeness (QED) is 0.883. The molecule has 1 aromatic carbocycles. The minimum absolute atomic E-state index is 0.654. The van der Waals surface area contributed by atoms with E-state index in [1.54, 1.807) is 14.2 Å². The van der Waals surface area contributed by atoms with Gasteiger partial charge < -0.3 is 14.8 Å². The van der Waals surface area contributed by atoms with Gasteiger partial charge >= 0.3 is 0 Å². The Morgan fingerprint density at radius 2 is 1.84 bits per heavy atom. The van der Waals surface area contributed by atoms with Crippen LogP contribution in [-0.2, 0) is 6.54 Å². The number of hydrogen-bond acceptors (Lipinski definition) is 3. The molecule has 0 heterocycles. The van der Waals surface area contributed by atoms with Gasteiger partial charge in [0.25, 0.3) is 0 Å². The van der Waals surface area contributed by atoms with Crippen molar-refractivity contribution in [3.63, 3.8) is 0 Å². The van der Waals surface area contributed by atoms with Crippen LogP contribution in [0.1, 0.15) is 38.2 Å². The highest BCUT2D eigenvalue weighted by molar-refractivity contribution is 5.42. The fourth-order valence-corrected chi connectivity index (χ4v) is 2.86. The second-order valence-corrected chi connectivity index (χ2v) is 5.44. The van der Waals surface area contributed by atoms with Gasteiger partial charge in [-0.15, -0.1) is 0 Å². The summed E-state index contributed by atoms with van der Waals surface area (Å²) in [5, 5.41) is 3.68. The lowest BCUT2D eigenvalue weighted by Gasteiger charge is -2.29. The lowest BCUT2D eigenvalue weighted by atomic mass is 9.86. The van der Waals surface area contributed by atoms with Crippen LogP contribution in [0.2, 0.25) is 0 Å². The van der Waals surface area contributed by atoms with E-state index < -0.39 is 0 Å². The van der Waals surface area contributed by atoms with E-state index in [1.807, 2.05) is 6.07 Å². The summed E-state index contributed by atoms with van der Waals surface area (Å²) >= 11 is 0. The average Bonchev–Trinajstić information content (AvgIpc) is 2.46. The highest BCUT2D eigenvalue weighted by atomic mass is 16.5. The van der Waals surface area contributed by atoms with E-state index in [0.717, 1.165) is 24.0 Å².